The molecule has 3 heterocycles. The Morgan fingerprint density at radius 1 is 1.08 bits per heavy atom. The number of hydrogen-bond acceptors (Lipinski definition) is 5. The summed E-state index contributed by atoms with van der Waals surface area (Å²) < 4.78 is 12.9. The third-order valence-electron chi connectivity index (χ3n) is 6.32. The van der Waals surface area contributed by atoms with E-state index in [0.29, 0.717) is 17.2 Å². The number of ether oxygens (including phenoxy) is 2. The normalized spacial score (nSPS) is 15.5. The first-order chi connectivity index (χ1) is 17.4. The highest BCUT2D eigenvalue weighted by atomic mass is 16.7. The topological polar surface area (TPSA) is 102 Å². The lowest BCUT2D eigenvalue weighted by Crippen LogP contribution is -2.38. The van der Waals surface area contributed by atoms with E-state index < -0.39 is 17.8 Å². The zero-order valence-electron chi connectivity index (χ0n) is 20.3. The van der Waals surface area contributed by atoms with Gasteiger partial charge in [-0.05, 0) is 61.7 Å². The third kappa shape index (κ3) is 4.19. The van der Waals surface area contributed by atoms with Gasteiger partial charge >= 0.3 is 6.03 Å². The molecule has 5 rings (SSSR count). The average molecular weight is 487 g/mol. The Labute approximate surface area is 208 Å². The Hall–Kier alpha value is -4.53. The second kappa shape index (κ2) is 9.26. The van der Waals surface area contributed by atoms with Crippen LogP contribution < -0.4 is 20.1 Å². The number of anilines is 1. The van der Waals surface area contributed by atoms with Crippen LogP contribution in [0.5, 0.6) is 11.5 Å². The van der Waals surface area contributed by atoms with Gasteiger partial charge in [-0.1, -0.05) is 25.1 Å². The molecule has 1 fully saturated rings. The first kappa shape index (κ1) is 23.2. The van der Waals surface area contributed by atoms with Crippen LogP contribution in [-0.2, 0) is 16.0 Å². The molecule has 2 N–H and O–H groups in total. The number of amides is 4. The predicted octanol–water partition coefficient (Wildman–Crippen LogP) is 3.92. The molecule has 3 aromatic rings. The van der Waals surface area contributed by atoms with E-state index in [-0.39, 0.29) is 19.0 Å². The number of carbonyl (C=O) groups excluding carboxylic acids is 3. The van der Waals surface area contributed by atoms with E-state index in [4.69, 9.17) is 9.47 Å². The van der Waals surface area contributed by atoms with Gasteiger partial charge in [0, 0.05) is 28.8 Å². The molecule has 9 nitrogen and oxygen atoms in total. The lowest BCUT2D eigenvalue weighted by molar-refractivity contribution is -0.127. The van der Waals surface area contributed by atoms with Crippen LogP contribution in [0.4, 0.5) is 10.5 Å². The fraction of sp³-hybridized carbons (Fsp3) is 0.222. The van der Waals surface area contributed by atoms with Gasteiger partial charge < -0.3 is 24.7 Å². The fourth-order valence-corrected chi connectivity index (χ4v) is 4.51. The molecule has 0 bridgehead atoms. The second-order valence-electron chi connectivity index (χ2n) is 8.64. The molecule has 0 aliphatic carbocycles. The number of para-hydroxylation sites is 1. The summed E-state index contributed by atoms with van der Waals surface area (Å²) in [5, 5.41) is 5.39. The maximum atomic E-state index is 13.0. The van der Waals surface area contributed by atoms with Crippen molar-refractivity contribution in [3.05, 3.63) is 76.7 Å². The lowest BCUT2D eigenvalue weighted by atomic mass is 10.1. The quantitative estimate of drug-likeness (QED) is 0.406. The zero-order chi connectivity index (χ0) is 25.4. The number of hydrogen-bond donors (Lipinski definition) is 2. The molecular formula is C27H26N4O5. The molecular weight excluding hydrogens is 460 g/mol. The maximum absolute atomic E-state index is 13.0. The molecule has 4 amide bonds. The minimum absolute atomic E-state index is 0.118. The lowest BCUT2D eigenvalue weighted by Gasteiger charge is -2.13. The highest BCUT2D eigenvalue weighted by Crippen LogP contribution is 2.35. The van der Waals surface area contributed by atoms with Crippen molar-refractivity contribution in [2.24, 2.45) is 0 Å². The predicted molar refractivity (Wildman–Crippen MR) is 134 cm³/mol. The minimum atomic E-state index is -0.630. The highest BCUT2D eigenvalue weighted by molar-refractivity contribution is 6.16. The maximum Gasteiger partial charge on any atom is 0.329 e. The Balaban J connectivity index is 1.35. The molecule has 0 saturated carbocycles. The summed E-state index contributed by atoms with van der Waals surface area (Å²) in [5.74, 6) is 0.382. The van der Waals surface area contributed by atoms with Gasteiger partial charge in [0.05, 0.1) is 0 Å². The van der Waals surface area contributed by atoms with Gasteiger partial charge in [0.15, 0.2) is 11.5 Å². The summed E-state index contributed by atoms with van der Waals surface area (Å²) in [7, 11) is 0. The molecule has 9 heteroatoms. The van der Waals surface area contributed by atoms with Gasteiger partial charge in [-0.2, -0.15) is 0 Å². The van der Waals surface area contributed by atoms with Gasteiger partial charge in [0.2, 0.25) is 12.7 Å². The van der Waals surface area contributed by atoms with Crippen LogP contribution in [0.25, 0.3) is 11.8 Å². The van der Waals surface area contributed by atoms with Gasteiger partial charge in [0.25, 0.3) is 5.91 Å². The largest absolute Gasteiger partial charge is 0.454 e. The highest BCUT2D eigenvalue weighted by Gasteiger charge is 2.35. The van der Waals surface area contributed by atoms with Crippen molar-refractivity contribution in [1.29, 1.82) is 0 Å². The van der Waals surface area contributed by atoms with Gasteiger partial charge in [-0.25, -0.2) is 9.69 Å². The minimum Gasteiger partial charge on any atom is -0.454 e. The number of nitrogens with zero attached hydrogens (tertiary/aromatic N) is 2. The Kier molecular flexibility index (Phi) is 5.97. The van der Waals surface area contributed by atoms with E-state index in [1.54, 1.807) is 12.1 Å². The monoisotopic (exact) mass is 486 g/mol. The number of carbonyl (C=O) groups is 3. The average Bonchev–Trinajstić information content (AvgIpc) is 3.51. The SMILES string of the molecule is CCc1ccccc1NC(=O)CN1C(=O)N/C(=C/c2cc(C)n(-c3ccc4c(c3)OCO4)c2C)C1=O. The summed E-state index contributed by atoms with van der Waals surface area (Å²) in [6.45, 7) is 5.70. The van der Waals surface area contributed by atoms with E-state index in [1.165, 1.54) is 0 Å². The van der Waals surface area contributed by atoms with E-state index in [0.717, 1.165) is 39.5 Å². The van der Waals surface area contributed by atoms with E-state index in [1.807, 2.05) is 67.8 Å². The van der Waals surface area contributed by atoms with Gasteiger partial charge in [-0.3, -0.25) is 9.59 Å². The van der Waals surface area contributed by atoms with Crippen molar-refractivity contribution in [1.82, 2.24) is 14.8 Å². The van der Waals surface area contributed by atoms with Crippen molar-refractivity contribution in [3.8, 4) is 17.2 Å². The van der Waals surface area contributed by atoms with Crippen LogP contribution in [0.1, 0.15) is 29.4 Å². The zero-order valence-corrected chi connectivity index (χ0v) is 20.3. The van der Waals surface area contributed by atoms with Crippen LogP contribution in [0, 0.1) is 13.8 Å². The number of imide groups is 1. The molecule has 0 radical (unpaired) electrons. The molecule has 0 unspecified atom stereocenters. The number of benzene rings is 2. The van der Waals surface area contributed by atoms with Crippen molar-refractivity contribution in [2.45, 2.75) is 27.2 Å². The van der Waals surface area contributed by atoms with Crippen LogP contribution in [-0.4, -0.2) is 40.7 Å². The molecule has 0 spiro atoms. The summed E-state index contributed by atoms with van der Waals surface area (Å²) in [6.07, 6.45) is 2.38. The van der Waals surface area contributed by atoms with E-state index >= 15 is 0 Å². The molecule has 1 saturated heterocycles. The molecule has 2 aliphatic heterocycles. The number of nitrogens with one attached hydrogen (secondary N) is 2. The van der Waals surface area contributed by atoms with Crippen LogP contribution in [0.2, 0.25) is 0 Å². The first-order valence-electron chi connectivity index (χ1n) is 11.7. The number of fused-ring (bicyclic) bond motifs is 1. The van der Waals surface area contributed by atoms with Crippen LogP contribution in [0.15, 0.2) is 54.2 Å². The number of aryl methyl sites for hydroxylation is 2. The van der Waals surface area contributed by atoms with Crippen molar-refractivity contribution in [2.75, 3.05) is 18.7 Å². The number of rotatable bonds is 6. The Morgan fingerprint density at radius 3 is 2.67 bits per heavy atom. The summed E-state index contributed by atoms with van der Waals surface area (Å²) in [5.41, 5.74) is 5.26. The molecule has 184 valence electrons. The Morgan fingerprint density at radius 2 is 1.86 bits per heavy atom. The third-order valence-corrected chi connectivity index (χ3v) is 6.32. The summed E-state index contributed by atoms with van der Waals surface area (Å²) in [6, 6.07) is 14.4. The standard InChI is InChI=1S/C27H26N4O5/c1-4-18-7-5-6-8-21(18)28-25(32)14-30-26(33)22(29-27(30)34)12-19-11-16(2)31(17(19)3)20-9-10-23-24(13-20)36-15-35-23/h5-13H,4,14-15H2,1-3H3,(H,28,32)(H,29,34)/b22-12+. The molecule has 36 heavy (non-hydrogen) atoms. The summed E-state index contributed by atoms with van der Waals surface area (Å²) >= 11 is 0. The van der Waals surface area contributed by atoms with Crippen LogP contribution in [0.3, 0.4) is 0 Å². The second-order valence-corrected chi connectivity index (χ2v) is 8.64. The number of aromatic nitrogens is 1. The van der Waals surface area contributed by atoms with Crippen molar-refractivity contribution >= 4 is 29.6 Å². The van der Waals surface area contributed by atoms with Crippen molar-refractivity contribution < 1.29 is 23.9 Å². The van der Waals surface area contributed by atoms with Gasteiger partial charge in [0.1, 0.15) is 12.2 Å². The fourth-order valence-electron chi connectivity index (χ4n) is 4.51. The first-order valence-corrected chi connectivity index (χ1v) is 11.7. The van der Waals surface area contributed by atoms with Crippen molar-refractivity contribution in [3.63, 3.8) is 0 Å². The Bertz CT molecular complexity index is 1420. The van der Waals surface area contributed by atoms with Gasteiger partial charge in [-0.15, -0.1) is 0 Å². The molecule has 2 aliphatic rings. The molecule has 1 aromatic heterocycles. The smallest absolute Gasteiger partial charge is 0.329 e. The van der Waals surface area contributed by atoms with E-state index in [2.05, 4.69) is 10.6 Å². The summed E-state index contributed by atoms with van der Waals surface area (Å²) in [4.78, 5) is 39.0. The molecule has 2 aromatic carbocycles. The van der Waals surface area contributed by atoms with Crippen LogP contribution >= 0.6 is 0 Å². The van der Waals surface area contributed by atoms with E-state index in [9.17, 15) is 14.4 Å². The molecule has 0 atom stereocenters. The number of urea groups is 1.